The van der Waals surface area contributed by atoms with E-state index in [1.807, 2.05) is 18.2 Å². The number of hydrogen-bond acceptors (Lipinski definition) is 3. The lowest BCUT2D eigenvalue weighted by Crippen LogP contribution is -2.22. The lowest BCUT2D eigenvalue weighted by molar-refractivity contribution is 0.0572. The summed E-state index contributed by atoms with van der Waals surface area (Å²) >= 11 is 0. The molecule has 1 aliphatic rings. The second-order valence-electron chi connectivity index (χ2n) is 3.81. The van der Waals surface area contributed by atoms with Crippen molar-refractivity contribution in [3.8, 4) is 0 Å². The SMILES string of the molecule is Cl.O[C@@H]1CN(Cc2ccccc2)C[C@@H]1O. The van der Waals surface area contributed by atoms with Gasteiger partial charge in [-0.1, -0.05) is 30.3 Å². The minimum absolute atomic E-state index is 0. The number of aliphatic hydroxyl groups excluding tert-OH is 2. The molecule has 0 amide bonds. The van der Waals surface area contributed by atoms with Crippen LogP contribution >= 0.6 is 12.4 Å². The highest BCUT2D eigenvalue weighted by atomic mass is 35.5. The summed E-state index contributed by atoms with van der Waals surface area (Å²) in [5.41, 5.74) is 1.22. The van der Waals surface area contributed by atoms with E-state index in [1.165, 1.54) is 5.56 Å². The van der Waals surface area contributed by atoms with E-state index in [4.69, 9.17) is 0 Å². The molecule has 1 fully saturated rings. The summed E-state index contributed by atoms with van der Waals surface area (Å²) in [7, 11) is 0. The van der Waals surface area contributed by atoms with Gasteiger partial charge in [0.25, 0.3) is 0 Å². The predicted octanol–water partition coefficient (Wildman–Crippen LogP) is 0.646. The van der Waals surface area contributed by atoms with Gasteiger partial charge in [0.2, 0.25) is 0 Å². The quantitative estimate of drug-likeness (QED) is 0.783. The van der Waals surface area contributed by atoms with Crippen LogP contribution in [0, 0.1) is 0 Å². The van der Waals surface area contributed by atoms with E-state index in [0.717, 1.165) is 6.54 Å². The number of hydrogen-bond donors (Lipinski definition) is 2. The van der Waals surface area contributed by atoms with E-state index < -0.39 is 12.2 Å². The Hall–Kier alpha value is -0.610. The van der Waals surface area contributed by atoms with Crippen molar-refractivity contribution in [1.82, 2.24) is 4.90 Å². The molecule has 0 radical (unpaired) electrons. The summed E-state index contributed by atoms with van der Waals surface area (Å²) in [6.45, 7) is 1.93. The summed E-state index contributed by atoms with van der Waals surface area (Å²) in [6, 6.07) is 10.1. The predicted molar refractivity (Wildman–Crippen MR) is 61.0 cm³/mol. The van der Waals surface area contributed by atoms with E-state index in [9.17, 15) is 10.2 Å². The third-order valence-corrected chi connectivity index (χ3v) is 2.58. The summed E-state index contributed by atoms with van der Waals surface area (Å²) < 4.78 is 0. The number of aliphatic hydroxyl groups is 2. The maximum atomic E-state index is 9.35. The van der Waals surface area contributed by atoms with Gasteiger partial charge in [-0.05, 0) is 5.56 Å². The second kappa shape index (κ2) is 5.47. The van der Waals surface area contributed by atoms with Crippen molar-refractivity contribution < 1.29 is 10.2 Å². The molecule has 1 saturated heterocycles. The fourth-order valence-corrected chi connectivity index (χ4v) is 1.82. The van der Waals surface area contributed by atoms with Gasteiger partial charge in [0.1, 0.15) is 0 Å². The highest BCUT2D eigenvalue weighted by molar-refractivity contribution is 5.85. The molecule has 0 saturated carbocycles. The molecule has 0 unspecified atom stereocenters. The molecule has 1 heterocycles. The number of halogens is 1. The lowest BCUT2D eigenvalue weighted by atomic mass is 10.2. The number of benzene rings is 1. The molecule has 4 heteroatoms. The molecule has 0 aliphatic carbocycles. The van der Waals surface area contributed by atoms with Gasteiger partial charge in [0.05, 0.1) is 12.2 Å². The number of rotatable bonds is 2. The van der Waals surface area contributed by atoms with Crippen molar-refractivity contribution in [2.75, 3.05) is 13.1 Å². The molecule has 1 aliphatic heterocycles. The van der Waals surface area contributed by atoms with Crippen LogP contribution < -0.4 is 0 Å². The minimum Gasteiger partial charge on any atom is -0.389 e. The van der Waals surface area contributed by atoms with Crippen molar-refractivity contribution in [3.63, 3.8) is 0 Å². The van der Waals surface area contributed by atoms with Crippen molar-refractivity contribution in [3.05, 3.63) is 35.9 Å². The molecular formula is C11H16ClNO2. The van der Waals surface area contributed by atoms with Crippen LogP contribution in [-0.2, 0) is 6.54 Å². The number of nitrogens with zero attached hydrogens (tertiary/aromatic N) is 1. The molecule has 2 rings (SSSR count). The highest BCUT2D eigenvalue weighted by Crippen LogP contribution is 2.13. The molecule has 84 valence electrons. The average Bonchev–Trinajstić information content (AvgIpc) is 2.47. The van der Waals surface area contributed by atoms with Crippen molar-refractivity contribution in [1.29, 1.82) is 0 Å². The Bertz CT molecular complexity index is 284. The molecule has 2 N–H and O–H groups in total. The Morgan fingerprint density at radius 2 is 1.60 bits per heavy atom. The monoisotopic (exact) mass is 229 g/mol. The Labute approximate surface area is 95.8 Å². The normalized spacial score (nSPS) is 26.3. The zero-order valence-electron chi connectivity index (χ0n) is 8.41. The molecule has 3 nitrogen and oxygen atoms in total. The standard InChI is InChI=1S/C11H15NO2.ClH/c13-10-7-12(8-11(10)14)6-9-4-2-1-3-5-9;/h1-5,10-11,13-14H,6-8H2;1H/t10-,11+;. The van der Waals surface area contributed by atoms with E-state index in [1.54, 1.807) is 0 Å². The first kappa shape index (κ1) is 12.5. The highest BCUT2D eigenvalue weighted by Gasteiger charge is 2.28. The molecule has 0 spiro atoms. The third kappa shape index (κ3) is 3.18. The molecule has 0 aromatic heterocycles. The van der Waals surface area contributed by atoms with Gasteiger partial charge in [-0.3, -0.25) is 4.90 Å². The Morgan fingerprint density at radius 3 is 2.13 bits per heavy atom. The molecule has 1 aromatic carbocycles. The van der Waals surface area contributed by atoms with E-state index in [0.29, 0.717) is 13.1 Å². The first-order valence-electron chi connectivity index (χ1n) is 4.88. The van der Waals surface area contributed by atoms with Crippen LogP contribution in [0.3, 0.4) is 0 Å². The topological polar surface area (TPSA) is 43.7 Å². The van der Waals surface area contributed by atoms with Crippen LogP contribution in [0.2, 0.25) is 0 Å². The molecule has 2 atom stereocenters. The molecular weight excluding hydrogens is 214 g/mol. The van der Waals surface area contributed by atoms with Crippen LogP contribution in [0.4, 0.5) is 0 Å². The van der Waals surface area contributed by atoms with Gasteiger partial charge >= 0.3 is 0 Å². The first-order chi connectivity index (χ1) is 6.75. The van der Waals surface area contributed by atoms with Crippen LogP contribution in [0.15, 0.2) is 30.3 Å². The lowest BCUT2D eigenvalue weighted by Gasteiger charge is -2.14. The van der Waals surface area contributed by atoms with Gasteiger partial charge < -0.3 is 10.2 Å². The van der Waals surface area contributed by atoms with E-state index in [-0.39, 0.29) is 12.4 Å². The summed E-state index contributed by atoms with van der Waals surface area (Å²) in [5, 5.41) is 18.7. The second-order valence-corrected chi connectivity index (χ2v) is 3.81. The van der Waals surface area contributed by atoms with Crippen molar-refractivity contribution in [2.24, 2.45) is 0 Å². The number of likely N-dealkylation sites (tertiary alicyclic amines) is 1. The first-order valence-corrected chi connectivity index (χ1v) is 4.88. The van der Waals surface area contributed by atoms with Gasteiger partial charge in [-0.25, -0.2) is 0 Å². The van der Waals surface area contributed by atoms with E-state index in [2.05, 4.69) is 17.0 Å². The van der Waals surface area contributed by atoms with Crippen LogP contribution in [0.5, 0.6) is 0 Å². The average molecular weight is 230 g/mol. The number of β-amino-alcohol motifs (C(OH)–C–C–N with tert-alkyl or cyclic N) is 2. The van der Waals surface area contributed by atoms with Crippen LogP contribution in [-0.4, -0.2) is 40.4 Å². The van der Waals surface area contributed by atoms with Crippen molar-refractivity contribution in [2.45, 2.75) is 18.8 Å². The summed E-state index contributed by atoms with van der Waals surface area (Å²) in [5.74, 6) is 0. The minimum atomic E-state index is -0.585. The Balaban J connectivity index is 0.00000112. The van der Waals surface area contributed by atoms with Crippen LogP contribution in [0.25, 0.3) is 0 Å². The molecule has 1 aromatic rings. The van der Waals surface area contributed by atoms with Gasteiger partial charge in [-0.2, -0.15) is 0 Å². The molecule has 0 bridgehead atoms. The summed E-state index contributed by atoms with van der Waals surface area (Å²) in [6.07, 6.45) is -1.17. The van der Waals surface area contributed by atoms with Gasteiger partial charge in [-0.15, -0.1) is 12.4 Å². The smallest absolute Gasteiger partial charge is 0.0938 e. The fraction of sp³-hybridized carbons (Fsp3) is 0.455. The van der Waals surface area contributed by atoms with Crippen LogP contribution in [0.1, 0.15) is 5.56 Å². The van der Waals surface area contributed by atoms with Gasteiger partial charge in [0, 0.05) is 19.6 Å². The Morgan fingerprint density at radius 1 is 1.07 bits per heavy atom. The maximum Gasteiger partial charge on any atom is 0.0938 e. The van der Waals surface area contributed by atoms with E-state index >= 15 is 0 Å². The zero-order chi connectivity index (χ0) is 9.97. The largest absolute Gasteiger partial charge is 0.389 e. The summed E-state index contributed by atoms with van der Waals surface area (Å²) in [4.78, 5) is 2.06. The van der Waals surface area contributed by atoms with Crippen molar-refractivity contribution >= 4 is 12.4 Å². The molecule has 15 heavy (non-hydrogen) atoms. The third-order valence-electron chi connectivity index (χ3n) is 2.58. The fourth-order valence-electron chi connectivity index (χ4n) is 1.82. The maximum absolute atomic E-state index is 9.35. The Kier molecular flexibility index (Phi) is 4.54. The van der Waals surface area contributed by atoms with Gasteiger partial charge in [0.15, 0.2) is 0 Å². The zero-order valence-corrected chi connectivity index (χ0v) is 9.23.